The van der Waals surface area contributed by atoms with Crippen molar-refractivity contribution in [1.82, 2.24) is 10.3 Å². The number of nitrogens with one attached hydrogen (secondary N) is 2. The fourth-order valence-corrected chi connectivity index (χ4v) is 2.54. The molecule has 2 atom stereocenters. The Morgan fingerprint density at radius 1 is 1.25 bits per heavy atom. The number of hydrogen-bond donors (Lipinski definition) is 2. The molecule has 0 aliphatic rings. The average Bonchev–Trinajstić information content (AvgIpc) is 2.69. The molecule has 1 unspecified atom stereocenters. The van der Waals surface area contributed by atoms with Gasteiger partial charge in [0.05, 0.1) is 12.5 Å². The molecule has 0 saturated heterocycles. The molecule has 2 N–H and O–H groups in total. The van der Waals surface area contributed by atoms with E-state index < -0.39 is 0 Å². The number of carbonyl (C=O) groups excluding carboxylic acids is 1. The van der Waals surface area contributed by atoms with Crippen molar-refractivity contribution in [2.75, 3.05) is 26.0 Å². The van der Waals surface area contributed by atoms with Crippen LogP contribution in [0.1, 0.15) is 46.6 Å². The Hall–Kier alpha value is -2.37. The summed E-state index contributed by atoms with van der Waals surface area (Å²) in [6, 6.07) is 8.35. The summed E-state index contributed by atoms with van der Waals surface area (Å²) in [4.78, 5) is 11.8. The zero-order valence-electron chi connectivity index (χ0n) is 18.5. The van der Waals surface area contributed by atoms with Crippen molar-refractivity contribution in [2.45, 2.75) is 59.5 Å². The summed E-state index contributed by atoms with van der Waals surface area (Å²) in [5, 5.41) is 16.9. The van der Waals surface area contributed by atoms with E-state index in [4.69, 9.17) is 0 Å². The van der Waals surface area contributed by atoms with Crippen molar-refractivity contribution in [3.63, 3.8) is 0 Å². The summed E-state index contributed by atoms with van der Waals surface area (Å²) >= 11 is 0. The second-order valence-electron chi connectivity index (χ2n) is 7.60. The first-order valence-corrected chi connectivity index (χ1v) is 10.1. The minimum atomic E-state index is 0.00738. The lowest BCUT2D eigenvalue weighted by atomic mass is 10.0. The normalized spacial score (nSPS) is 14.2. The second-order valence-corrected chi connectivity index (χ2v) is 7.60. The number of carbonyl (C=O) groups is 1. The molecule has 0 saturated carbocycles. The third kappa shape index (κ3) is 8.11. The Kier molecular flexibility index (Phi) is 10.3. The molecule has 156 valence electrons. The smallest absolute Gasteiger partial charge is 0.224 e. The highest BCUT2D eigenvalue weighted by Crippen LogP contribution is 2.20. The fourth-order valence-electron chi connectivity index (χ4n) is 2.54. The molecule has 0 heterocycles. The summed E-state index contributed by atoms with van der Waals surface area (Å²) < 4.78 is 0. The summed E-state index contributed by atoms with van der Waals surface area (Å²) in [5.74, 6) is 0.488. The summed E-state index contributed by atoms with van der Waals surface area (Å²) in [7, 11) is 3.62. The maximum absolute atomic E-state index is 11.8. The SMILES string of the molecule is C/C=C(\C)C(CCN(C)N=N[C@@H](C)C(C)C)Nc1ccccc1CC(=O)NC. The summed E-state index contributed by atoms with van der Waals surface area (Å²) in [6.45, 7) is 11.3. The second kappa shape index (κ2) is 12.2. The predicted molar refractivity (Wildman–Crippen MR) is 117 cm³/mol. The van der Waals surface area contributed by atoms with Gasteiger partial charge < -0.3 is 10.6 Å². The minimum absolute atomic E-state index is 0.00738. The molecule has 0 bridgehead atoms. The van der Waals surface area contributed by atoms with Crippen molar-refractivity contribution < 1.29 is 4.79 Å². The molecule has 1 amide bonds. The van der Waals surface area contributed by atoms with E-state index in [-0.39, 0.29) is 18.0 Å². The molecule has 0 fully saturated rings. The molecule has 1 aromatic carbocycles. The van der Waals surface area contributed by atoms with E-state index in [2.05, 4.69) is 54.7 Å². The lowest BCUT2D eigenvalue weighted by molar-refractivity contribution is -0.119. The van der Waals surface area contributed by atoms with E-state index in [0.717, 1.165) is 24.2 Å². The van der Waals surface area contributed by atoms with E-state index in [1.165, 1.54) is 5.57 Å². The molecule has 0 aliphatic heterocycles. The van der Waals surface area contributed by atoms with Crippen molar-refractivity contribution in [2.24, 2.45) is 16.3 Å². The van der Waals surface area contributed by atoms with E-state index in [1.54, 1.807) is 7.05 Å². The van der Waals surface area contributed by atoms with Gasteiger partial charge in [-0.2, -0.15) is 5.11 Å². The average molecular weight is 388 g/mol. The third-order valence-corrected chi connectivity index (χ3v) is 5.07. The van der Waals surface area contributed by atoms with Crippen molar-refractivity contribution in [3.05, 3.63) is 41.5 Å². The molecule has 1 rings (SSSR count). The van der Waals surface area contributed by atoms with Crippen LogP contribution >= 0.6 is 0 Å². The van der Waals surface area contributed by atoms with Gasteiger partial charge in [-0.1, -0.05) is 48.9 Å². The van der Waals surface area contributed by atoms with E-state index in [0.29, 0.717) is 12.3 Å². The standard InChI is InChI=1S/C22H37N5O/c1-8-17(4)20(13-14-27(7)26-25-18(5)16(2)3)24-21-12-10-9-11-19(21)15-22(28)23-6/h8-12,16,18,20,24H,13-15H2,1-7H3,(H,23,28)/b17-8+,26-25?/t18-,20?/m0/s1. The quantitative estimate of drug-likeness (QED) is 0.335. The first kappa shape index (κ1) is 23.7. The molecule has 0 spiro atoms. The molecular weight excluding hydrogens is 350 g/mol. The fraction of sp³-hybridized carbons (Fsp3) is 0.591. The molecule has 6 nitrogen and oxygen atoms in total. The summed E-state index contributed by atoms with van der Waals surface area (Å²) in [6.07, 6.45) is 3.37. The number of anilines is 1. The Labute approximate surface area is 170 Å². The van der Waals surface area contributed by atoms with Gasteiger partial charge >= 0.3 is 0 Å². The van der Waals surface area contributed by atoms with E-state index in [1.807, 2.05) is 43.2 Å². The van der Waals surface area contributed by atoms with Crippen LogP contribution in [-0.2, 0) is 11.2 Å². The number of benzene rings is 1. The van der Waals surface area contributed by atoms with Crippen LogP contribution < -0.4 is 10.6 Å². The van der Waals surface area contributed by atoms with Gasteiger partial charge in [-0.05, 0) is 44.7 Å². The largest absolute Gasteiger partial charge is 0.378 e. The monoisotopic (exact) mass is 387 g/mol. The molecule has 0 radical (unpaired) electrons. The van der Waals surface area contributed by atoms with Gasteiger partial charge in [0.2, 0.25) is 5.91 Å². The van der Waals surface area contributed by atoms with Crippen molar-refractivity contribution in [1.29, 1.82) is 0 Å². The molecule has 28 heavy (non-hydrogen) atoms. The topological polar surface area (TPSA) is 69.1 Å². The molecule has 6 heteroatoms. The number of likely N-dealkylation sites (N-methyl/N-ethyl adjacent to an activating group) is 1. The van der Waals surface area contributed by atoms with Crippen LogP contribution in [-0.4, -0.2) is 43.6 Å². The van der Waals surface area contributed by atoms with Gasteiger partial charge in [0, 0.05) is 32.4 Å². The predicted octanol–water partition coefficient (Wildman–Crippen LogP) is 4.46. The number of para-hydroxylation sites is 1. The number of amides is 1. The van der Waals surface area contributed by atoms with Gasteiger partial charge in [-0.25, -0.2) is 0 Å². The highest BCUT2D eigenvalue weighted by Gasteiger charge is 2.14. The van der Waals surface area contributed by atoms with Gasteiger partial charge in [-0.3, -0.25) is 9.80 Å². The number of allylic oxidation sites excluding steroid dienone is 1. The number of rotatable bonds is 11. The first-order valence-electron chi connectivity index (χ1n) is 10.1. The van der Waals surface area contributed by atoms with Crippen LogP contribution in [0.5, 0.6) is 0 Å². The highest BCUT2D eigenvalue weighted by atomic mass is 16.1. The molecule has 1 aromatic rings. The number of nitrogens with zero attached hydrogens (tertiary/aromatic N) is 3. The van der Waals surface area contributed by atoms with E-state index in [9.17, 15) is 4.79 Å². The maximum Gasteiger partial charge on any atom is 0.224 e. The maximum atomic E-state index is 11.8. The van der Waals surface area contributed by atoms with Crippen LogP contribution in [0.4, 0.5) is 5.69 Å². The summed E-state index contributed by atoms with van der Waals surface area (Å²) in [5.41, 5.74) is 3.25. The zero-order valence-corrected chi connectivity index (χ0v) is 18.5. The van der Waals surface area contributed by atoms with E-state index >= 15 is 0 Å². The van der Waals surface area contributed by atoms with Gasteiger partial charge in [-0.15, -0.1) is 0 Å². The van der Waals surface area contributed by atoms with Gasteiger partial charge in [0.25, 0.3) is 0 Å². The Balaban J connectivity index is 2.82. The Bertz CT molecular complexity index is 669. The van der Waals surface area contributed by atoms with Crippen LogP contribution in [0.25, 0.3) is 0 Å². The van der Waals surface area contributed by atoms with Crippen LogP contribution in [0, 0.1) is 5.92 Å². The highest BCUT2D eigenvalue weighted by molar-refractivity contribution is 5.80. The number of hydrogen-bond acceptors (Lipinski definition) is 4. The van der Waals surface area contributed by atoms with Crippen LogP contribution in [0.2, 0.25) is 0 Å². The van der Waals surface area contributed by atoms with Crippen molar-refractivity contribution >= 4 is 11.6 Å². The molecule has 0 aliphatic carbocycles. The molecular formula is C22H37N5O. The lowest BCUT2D eigenvalue weighted by Crippen LogP contribution is -2.27. The molecule has 0 aromatic heterocycles. The first-order chi connectivity index (χ1) is 13.3. The Morgan fingerprint density at radius 3 is 2.54 bits per heavy atom. The van der Waals surface area contributed by atoms with Gasteiger partial charge in [0.1, 0.15) is 0 Å². The van der Waals surface area contributed by atoms with Crippen molar-refractivity contribution in [3.8, 4) is 0 Å². The lowest BCUT2D eigenvalue weighted by Gasteiger charge is -2.24. The Morgan fingerprint density at radius 2 is 1.93 bits per heavy atom. The third-order valence-electron chi connectivity index (χ3n) is 5.07. The van der Waals surface area contributed by atoms with Crippen LogP contribution in [0.15, 0.2) is 46.3 Å². The van der Waals surface area contributed by atoms with Gasteiger partial charge in [0.15, 0.2) is 0 Å². The zero-order chi connectivity index (χ0) is 21.1. The van der Waals surface area contributed by atoms with Crippen LogP contribution in [0.3, 0.4) is 0 Å². The minimum Gasteiger partial charge on any atom is -0.378 e.